The number of hydrogen-bond acceptors (Lipinski definition) is 4. The van der Waals surface area contributed by atoms with Crippen molar-refractivity contribution in [2.45, 2.75) is 13.8 Å². The SMILES string of the molecule is Cc1c(C)n(C(N)=O)c2ccc(Oc3ccnc(NC(=O)N(C)C)c3)cc12. The number of anilines is 1. The molecule has 140 valence electrons. The quantitative estimate of drug-likeness (QED) is 0.740. The van der Waals surface area contributed by atoms with E-state index in [1.165, 1.54) is 9.47 Å². The van der Waals surface area contributed by atoms with Crippen LogP contribution in [-0.4, -0.2) is 40.6 Å². The number of primary amides is 1. The van der Waals surface area contributed by atoms with Gasteiger partial charge in [0.25, 0.3) is 0 Å². The number of hydrogen-bond donors (Lipinski definition) is 2. The smallest absolute Gasteiger partial charge is 0.323 e. The summed E-state index contributed by atoms with van der Waals surface area (Å²) in [6.07, 6.45) is 1.55. The molecule has 0 aliphatic carbocycles. The number of fused-ring (bicyclic) bond motifs is 1. The number of rotatable bonds is 3. The van der Waals surface area contributed by atoms with E-state index in [-0.39, 0.29) is 6.03 Å². The van der Waals surface area contributed by atoms with Gasteiger partial charge in [0, 0.05) is 37.4 Å². The second-order valence-electron chi connectivity index (χ2n) is 6.37. The Kier molecular flexibility index (Phi) is 4.72. The number of pyridine rings is 1. The molecule has 0 atom stereocenters. The fourth-order valence-corrected chi connectivity index (χ4v) is 2.80. The fraction of sp³-hybridized carbons (Fsp3) is 0.211. The number of aromatic nitrogens is 2. The molecular weight excluding hydrogens is 346 g/mol. The lowest BCUT2D eigenvalue weighted by Gasteiger charge is -2.12. The van der Waals surface area contributed by atoms with Crippen LogP contribution in [0.4, 0.5) is 15.4 Å². The summed E-state index contributed by atoms with van der Waals surface area (Å²) in [7, 11) is 3.29. The molecule has 2 aromatic heterocycles. The van der Waals surface area contributed by atoms with Gasteiger partial charge in [-0.2, -0.15) is 0 Å². The summed E-state index contributed by atoms with van der Waals surface area (Å²) < 4.78 is 7.39. The molecule has 8 nitrogen and oxygen atoms in total. The Balaban J connectivity index is 1.90. The van der Waals surface area contributed by atoms with E-state index >= 15 is 0 Å². The molecule has 1 aromatic carbocycles. The van der Waals surface area contributed by atoms with E-state index < -0.39 is 6.03 Å². The topological polar surface area (TPSA) is 102 Å². The van der Waals surface area contributed by atoms with Crippen molar-refractivity contribution in [3.8, 4) is 11.5 Å². The standard InChI is InChI=1S/C19H21N5O3/c1-11-12(2)24(18(20)25)16-6-5-13(9-15(11)16)27-14-7-8-21-17(10-14)22-19(26)23(3)4/h5-10H,1-4H3,(H2,20,25)(H,21,22,26). The van der Waals surface area contributed by atoms with E-state index in [1.54, 1.807) is 44.6 Å². The first kappa shape index (κ1) is 18.2. The number of amides is 3. The van der Waals surface area contributed by atoms with Crippen LogP contribution in [0.3, 0.4) is 0 Å². The van der Waals surface area contributed by atoms with Gasteiger partial charge in [-0.05, 0) is 43.7 Å². The second-order valence-corrected chi connectivity index (χ2v) is 6.37. The summed E-state index contributed by atoms with van der Waals surface area (Å²) in [5.41, 5.74) is 7.98. The summed E-state index contributed by atoms with van der Waals surface area (Å²) in [4.78, 5) is 29.0. The molecule has 0 aliphatic rings. The first-order valence-corrected chi connectivity index (χ1v) is 8.31. The van der Waals surface area contributed by atoms with Crippen molar-refractivity contribution < 1.29 is 14.3 Å². The molecule has 0 fully saturated rings. The van der Waals surface area contributed by atoms with Crippen LogP contribution in [0, 0.1) is 13.8 Å². The Morgan fingerprint density at radius 1 is 1.15 bits per heavy atom. The number of carbonyl (C=O) groups is 2. The van der Waals surface area contributed by atoms with Crippen LogP contribution < -0.4 is 15.8 Å². The van der Waals surface area contributed by atoms with Crippen molar-refractivity contribution in [3.63, 3.8) is 0 Å². The highest BCUT2D eigenvalue weighted by molar-refractivity contribution is 5.95. The number of nitrogens with zero attached hydrogens (tertiary/aromatic N) is 3. The largest absolute Gasteiger partial charge is 0.457 e. The average molecular weight is 367 g/mol. The molecule has 0 spiro atoms. The van der Waals surface area contributed by atoms with Crippen LogP contribution in [0.1, 0.15) is 11.3 Å². The summed E-state index contributed by atoms with van der Waals surface area (Å²) in [5.74, 6) is 1.52. The number of ether oxygens (including phenoxy) is 1. The van der Waals surface area contributed by atoms with Gasteiger partial charge >= 0.3 is 12.1 Å². The summed E-state index contributed by atoms with van der Waals surface area (Å²) >= 11 is 0. The summed E-state index contributed by atoms with van der Waals surface area (Å²) in [5, 5.41) is 3.56. The van der Waals surface area contributed by atoms with Gasteiger partial charge in [-0.3, -0.25) is 9.88 Å². The van der Waals surface area contributed by atoms with Gasteiger partial charge in [0.2, 0.25) is 0 Å². The van der Waals surface area contributed by atoms with Gasteiger partial charge in [0.1, 0.15) is 17.3 Å². The lowest BCUT2D eigenvalue weighted by atomic mass is 10.1. The third-order valence-electron chi connectivity index (χ3n) is 4.32. The minimum absolute atomic E-state index is 0.278. The number of urea groups is 1. The van der Waals surface area contributed by atoms with Crippen LogP contribution in [0.2, 0.25) is 0 Å². The molecule has 3 N–H and O–H groups in total. The first-order valence-electron chi connectivity index (χ1n) is 8.31. The van der Waals surface area contributed by atoms with E-state index in [0.29, 0.717) is 17.3 Å². The van der Waals surface area contributed by atoms with Gasteiger partial charge in [-0.15, -0.1) is 0 Å². The fourth-order valence-electron chi connectivity index (χ4n) is 2.80. The Bertz CT molecular complexity index is 1040. The third kappa shape index (κ3) is 3.55. The van der Waals surface area contributed by atoms with Crippen molar-refractivity contribution in [2.24, 2.45) is 5.73 Å². The van der Waals surface area contributed by atoms with Crippen LogP contribution in [0.5, 0.6) is 11.5 Å². The maximum atomic E-state index is 11.7. The van der Waals surface area contributed by atoms with Gasteiger partial charge in [-0.25, -0.2) is 14.6 Å². The third-order valence-corrected chi connectivity index (χ3v) is 4.32. The molecule has 0 aliphatic heterocycles. The number of carbonyl (C=O) groups excluding carboxylic acids is 2. The van der Waals surface area contributed by atoms with E-state index in [2.05, 4.69) is 10.3 Å². The molecule has 3 aromatic rings. The molecular formula is C19H21N5O3. The molecule has 27 heavy (non-hydrogen) atoms. The number of nitrogens with two attached hydrogens (primary N) is 1. The molecule has 2 heterocycles. The predicted octanol–water partition coefficient (Wildman–Crippen LogP) is 3.47. The van der Waals surface area contributed by atoms with Crippen molar-refractivity contribution in [2.75, 3.05) is 19.4 Å². The van der Waals surface area contributed by atoms with Crippen LogP contribution >= 0.6 is 0 Å². The Labute approximate surface area is 156 Å². The highest BCUT2D eigenvalue weighted by Gasteiger charge is 2.15. The molecule has 3 rings (SSSR count). The Morgan fingerprint density at radius 3 is 2.52 bits per heavy atom. The van der Waals surface area contributed by atoms with Gasteiger partial charge in [-0.1, -0.05) is 0 Å². The number of nitrogens with one attached hydrogen (secondary N) is 1. The van der Waals surface area contributed by atoms with Crippen molar-refractivity contribution in [1.82, 2.24) is 14.5 Å². The maximum Gasteiger partial charge on any atom is 0.323 e. The monoisotopic (exact) mass is 367 g/mol. The lowest BCUT2D eigenvalue weighted by Crippen LogP contribution is -2.27. The van der Waals surface area contributed by atoms with E-state index in [9.17, 15) is 9.59 Å². The minimum atomic E-state index is -0.519. The maximum absolute atomic E-state index is 11.7. The molecule has 8 heteroatoms. The highest BCUT2D eigenvalue weighted by Crippen LogP contribution is 2.31. The zero-order chi connectivity index (χ0) is 19.7. The van der Waals surface area contributed by atoms with E-state index in [0.717, 1.165) is 22.2 Å². The van der Waals surface area contributed by atoms with Crippen molar-refractivity contribution in [1.29, 1.82) is 0 Å². The zero-order valence-corrected chi connectivity index (χ0v) is 15.6. The molecule has 0 unspecified atom stereocenters. The van der Waals surface area contributed by atoms with Gasteiger partial charge < -0.3 is 15.4 Å². The lowest BCUT2D eigenvalue weighted by molar-refractivity contribution is 0.230. The van der Waals surface area contributed by atoms with E-state index in [4.69, 9.17) is 10.5 Å². The predicted molar refractivity (Wildman–Crippen MR) is 103 cm³/mol. The van der Waals surface area contributed by atoms with Crippen LogP contribution in [0.15, 0.2) is 36.5 Å². The first-order chi connectivity index (χ1) is 12.8. The molecule has 0 saturated heterocycles. The molecule has 0 radical (unpaired) electrons. The highest BCUT2D eigenvalue weighted by atomic mass is 16.5. The number of benzene rings is 1. The minimum Gasteiger partial charge on any atom is -0.457 e. The molecule has 3 amide bonds. The summed E-state index contributed by atoms with van der Waals surface area (Å²) in [6, 6.07) is 7.95. The molecule has 0 saturated carbocycles. The Hall–Kier alpha value is -3.55. The van der Waals surface area contributed by atoms with Gasteiger partial charge in [0.05, 0.1) is 5.52 Å². The second kappa shape index (κ2) is 6.99. The zero-order valence-electron chi connectivity index (χ0n) is 15.6. The van der Waals surface area contributed by atoms with Gasteiger partial charge in [0.15, 0.2) is 0 Å². The van der Waals surface area contributed by atoms with Crippen molar-refractivity contribution >= 4 is 28.8 Å². The Morgan fingerprint density at radius 2 is 1.85 bits per heavy atom. The van der Waals surface area contributed by atoms with Crippen LogP contribution in [-0.2, 0) is 0 Å². The number of aryl methyl sites for hydroxylation is 1. The van der Waals surface area contributed by atoms with Crippen LogP contribution in [0.25, 0.3) is 10.9 Å². The average Bonchev–Trinajstić information content (AvgIpc) is 2.86. The normalized spacial score (nSPS) is 10.7. The van der Waals surface area contributed by atoms with Crippen molar-refractivity contribution in [3.05, 3.63) is 47.8 Å². The summed E-state index contributed by atoms with van der Waals surface area (Å²) in [6.45, 7) is 3.78. The molecule has 0 bridgehead atoms. The van der Waals surface area contributed by atoms with E-state index in [1.807, 2.05) is 19.9 Å².